The lowest BCUT2D eigenvalue weighted by Crippen LogP contribution is -2.51. The lowest BCUT2D eigenvalue weighted by atomic mass is 9.78. The molecule has 0 saturated carbocycles. The molecule has 4 rings (SSSR count). The van der Waals surface area contributed by atoms with E-state index in [1.165, 1.54) is 6.07 Å². The van der Waals surface area contributed by atoms with E-state index in [9.17, 15) is 47.2 Å². The van der Waals surface area contributed by atoms with Gasteiger partial charge < -0.3 is 36.2 Å². The molecule has 2 aromatic rings. The molecular weight excluding hydrogens is 819 g/mol. The van der Waals surface area contributed by atoms with Crippen molar-refractivity contribution in [3.63, 3.8) is 0 Å². The molecule has 3 amide bonds. The molecule has 0 aliphatic carbocycles. The Morgan fingerprint density at radius 3 is 2.10 bits per heavy atom. The molecule has 0 spiro atoms. The van der Waals surface area contributed by atoms with Gasteiger partial charge in [-0.05, 0) is 82.6 Å². The minimum atomic E-state index is -4.39. The van der Waals surface area contributed by atoms with Crippen molar-refractivity contribution in [3.8, 4) is 0 Å². The Kier molecular flexibility index (Phi) is 16.9. The minimum absolute atomic E-state index is 0.00160. The van der Waals surface area contributed by atoms with E-state index in [0.29, 0.717) is 25.7 Å². The molecule has 62 heavy (non-hydrogen) atoms. The van der Waals surface area contributed by atoms with E-state index in [2.05, 4.69) is 85.2 Å². The summed E-state index contributed by atoms with van der Waals surface area (Å²) in [6, 6.07) is 8.40. The molecule has 4 unspecified atom stereocenters. The second-order valence-corrected chi connectivity index (χ2v) is 18.7. The number of benzene rings is 2. The smallest absolute Gasteiger partial charge is 0.326 e. The Hall–Kier alpha value is -5.29. The fourth-order valence-corrected chi connectivity index (χ4v) is 9.15. The van der Waals surface area contributed by atoms with Gasteiger partial charge in [0.15, 0.2) is 5.71 Å². The van der Waals surface area contributed by atoms with Crippen LogP contribution in [0.5, 0.6) is 0 Å². The molecule has 7 N–H and O–H groups in total. The Bertz CT molecular complexity index is 2150. The van der Waals surface area contributed by atoms with Gasteiger partial charge in [0.25, 0.3) is 16.0 Å². The van der Waals surface area contributed by atoms with E-state index in [0.717, 1.165) is 60.4 Å². The number of urea groups is 1. The quantitative estimate of drug-likeness (QED) is 0.0358. The largest absolute Gasteiger partial charge is 0.481 e. The number of carboxylic acid groups (broad SMARTS) is 3. The fourth-order valence-electron chi connectivity index (χ4n) is 8.64. The first-order valence-corrected chi connectivity index (χ1v) is 22.9. The first kappa shape index (κ1) is 49.4. The first-order valence-electron chi connectivity index (χ1n) is 21.5. The van der Waals surface area contributed by atoms with Crippen LogP contribution in [0, 0.1) is 0 Å². The third-order valence-electron chi connectivity index (χ3n) is 12.1. The molecule has 16 nitrogen and oxygen atoms in total. The van der Waals surface area contributed by atoms with Gasteiger partial charge in [-0.15, -0.1) is 0 Å². The second kappa shape index (κ2) is 21.2. The van der Waals surface area contributed by atoms with Crippen molar-refractivity contribution < 1.29 is 56.8 Å². The van der Waals surface area contributed by atoms with Crippen LogP contribution in [0.2, 0.25) is 0 Å². The van der Waals surface area contributed by atoms with Crippen molar-refractivity contribution in [2.45, 2.75) is 152 Å². The van der Waals surface area contributed by atoms with Crippen LogP contribution in [0.3, 0.4) is 0 Å². The summed E-state index contributed by atoms with van der Waals surface area (Å²) in [5, 5.41) is 35.4. The van der Waals surface area contributed by atoms with Gasteiger partial charge in [-0.1, -0.05) is 64.8 Å². The van der Waals surface area contributed by atoms with Gasteiger partial charge in [-0.25, -0.2) is 14.4 Å². The predicted octanol–water partition coefficient (Wildman–Crippen LogP) is 6.14. The van der Waals surface area contributed by atoms with E-state index < -0.39 is 69.4 Å². The van der Waals surface area contributed by atoms with Gasteiger partial charge in [0.05, 0.1) is 10.3 Å². The summed E-state index contributed by atoms with van der Waals surface area (Å²) in [5.74, 6) is -4.19. The molecular formula is C45H64N5O11S+. The van der Waals surface area contributed by atoms with Crippen molar-refractivity contribution in [3.05, 3.63) is 65.7 Å². The molecule has 340 valence electrons. The Balaban J connectivity index is 1.54. The van der Waals surface area contributed by atoms with Gasteiger partial charge in [-0.3, -0.25) is 14.1 Å². The van der Waals surface area contributed by atoms with Gasteiger partial charge in [0, 0.05) is 60.8 Å². The van der Waals surface area contributed by atoms with Gasteiger partial charge >= 0.3 is 23.9 Å². The SMILES string of the molecule is CCCCC(C(=O)NCCCCC(NC(=O)NC(CCC(=O)O)C(=O)O)C(=O)O)[N+]1=C(/C=C/CC2N(CCCC)c3ccc(S(=O)(=O)O)cc3C2(C)C)C(C)(C)c2ccccc21. The molecule has 0 bridgehead atoms. The lowest BCUT2D eigenvalue weighted by Gasteiger charge is -2.34. The standard InChI is InChI=1S/C45H63N5O11S/c1-7-9-18-36(40(53)46-26-14-13-17-32(41(54)55)47-43(58)48-33(42(56)57)23-25-39(51)52)50-35-19-12-11-16-30(35)44(3,4)38(50)21-15-20-37-45(5,6)31-28-29(62(59,60)61)22-24-34(31)49(37)27-10-8-2/h11-12,15-16,19,21-22,24,28,32-33,36-37H,7-10,13-14,17-18,20,23,25-27H2,1-6H3,(H6-,46,47,48,51,52,53,54,55,56,57,58,59,60,61)/p+1/b21-15+. The summed E-state index contributed by atoms with van der Waals surface area (Å²) >= 11 is 0. The van der Waals surface area contributed by atoms with Crippen molar-refractivity contribution in [2.24, 2.45) is 0 Å². The highest BCUT2D eigenvalue weighted by Crippen LogP contribution is 2.48. The maximum absolute atomic E-state index is 14.2. The molecule has 0 saturated heterocycles. The summed E-state index contributed by atoms with van der Waals surface area (Å²) in [7, 11) is -4.39. The lowest BCUT2D eigenvalue weighted by molar-refractivity contribution is -0.468. The highest BCUT2D eigenvalue weighted by atomic mass is 32.2. The molecule has 0 aromatic heterocycles. The molecule has 2 aromatic carbocycles. The van der Waals surface area contributed by atoms with E-state index in [4.69, 9.17) is 5.11 Å². The molecule has 2 heterocycles. The molecule has 0 fully saturated rings. The number of hydrogen-bond donors (Lipinski definition) is 7. The number of anilines is 1. The Morgan fingerprint density at radius 1 is 0.839 bits per heavy atom. The number of rotatable bonds is 24. The molecule has 4 atom stereocenters. The monoisotopic (exact) mass is 882 g/mol. The molecule has 2 aliphatic rings. The number of carbonyl (C=O) groups excluding carboxylic acids is 2. The van der Waals surface area contributed by atoms with Gasteiger partial charge in [0.2, 0.25) is 11.7 Å². The Morgan fingerprint density at radius 2 is 1.48 bits per heavy atom. The number of amides is 3. The third kappa shape index (κ3) is 11.8. The summed E-state index contributed by atoms with van der Waals surface area (Å²) in [6.07, 6.45) is 8.87. The fraction of sp³-hybridized carbons (Fsp3) is 0.556. The summed E-state index contributed by atoms with van der Waals surface area (Å²) in [4.78, 5) is 63.2. The first-order chi connectivity index (χ1) is 29.2. The van der Waals surface area contributed by atoms with Crippen LogP contribution in [-0.4, -0.2) is 106 Å². The van der Waals surface area contributed by atoms with Gasteiger partial charge in [0.1, 0.15) is 12.1 Å². The van der Waals surface area contributed by atoms with Crippen LogP contribution in [0.15, 0.2) is 59.5 Å². The normalized spacial score (nSPS) is 17.9. The highest BCUT2D eigenvalue weighted by Gasteiger charge is 2.49. The minimum Gasteiger partial charge on any atom is -0.481 e. The zero-order chi connectivity index (χ0) is 46.0. The molecule has 17 heteroatoms. The van der Waals surface area contributed by atoms with Crippen LogP contribution in [0.1, 0.15) is 123 Å². The van der Waals surface area contributed by atoms with Crippen molar-refractivity contribution >= 4 is 57.1 Å². The van der Waals surface area contributed by atoms with Crippen LogP contribution in [-0.2, 0) is 40.1 Å². The van der Waals surface area contributed by atoms with E-state index >= 15 is 0 Å². The Labute approximate surface area is 364 Å². The molecule has 0 radical (unpaired) electrons. The zero-order valence-electron chi connectivity index (χ0n) is 36.6. The maximum Gasteiger partial charge on any atom is 0.326 e. The maximum atomic E-state index is 14.2. The molecule has 2 aliphatic heterocycles. The number of aliphatic carboxylic acids is 3. The number of carboxylic acids is 3. The van der Waals surface area contributed by atoms with E-state index in [-0.39, 0.29) is 36.2 Å². The number of allylic oxidation sites excluding steroid dienone is 1. The summed E-state index contributed by atoms with van der Waals surface area (Å²) in [6.45, 7) is 13.7. The van der Waals surface area contributed by atoms with E-state index in [1.807, 2.05) is 18.2 Å². The number of nitrogens with zero attached hydrogens (tertiary/aromatic N) is 2. The third-order valence-corrected chi connectivity index (χ3v) is 13.0. The van der Waals surface area contributed by atoms with Crippen LogP contribution < -0.4 is 20.9 Å². The average molecular weight is 883 g/mol. The highest BCUT2D eigenvalue weighted by molar-refractivity contribution is 7.85. The number of unbranched alkanes of at least 4 members (excludes halogenated alkanes) is 3. The van der Waals surface area contributed by atoms with Crippen molar-refractivity contribution in [2.75, 3.05) is 18.0 Å². The number of para-hydroxylation sites is 1. The number of fused-ring (bicyclic) bond motifs is 2. The van der Waals surface area contributed by atoms with Crippen LogP contribution >= 0.6 is 0 Å². The number of hydrogen-bond acceptors (Lipinski definition) is 8. The predicted molar refractivity (Wildman–Crippen MR) is 235 cm³/mol. The second-order valence-electron chi connectivity index (χ2n) is 17.3. The topological polar surface area (TPSA) is 243 Å². The van der Waals surface area contributed by atoms with Crippen molar-refractivity contribution in [1.29, 1.82) is 0 Å². The van der Waals surface area contributed by atoms with Crippen LogP contribution in [0.4, 0.5) is 16.2 Å². The van der Waals surface area contributed by atoms with Crippen molar-refractivity contribution in [1.82, 2.24) is 16.0 Å². The van der Waals surface area contributed by atoms with Gasteiger partial charge in [-0.2, -0.15) is 13.0 Å². The summed E-state index contributed by atoms with van der Waals surface area (Å²) < 4.78 is 36.3. The van der Waals surface area contributed by atoms with E-state index in [1.54, 1.807) is 12.1 Å². The zero-order valence-corrected chi connectivity index (χ0v) is 37.5. The average Bonchev–Trinajstić information content (AvgIpc) is 3.55. The van der Waals surface area contributed by atoms with Crippen LogP contribution in [0.25, 0.3) is 0 Å². The number of nitrogens with one attached hydrogen (secondary N) is 3. The summed E-state index contributed by atoms with van der Waals surface area (Å²) in [5.41, 5.74) is 3.86. The number of carbonyl (C=O) groups is 5.